The van der Waals surface area contributed by atoms with E-state index < -0.39 is 5.83 Å². The molecule has 0 aromatic carbocycles. The highest BCUT2D eigenvalue weighted by molar-refractivity contribution is 5.92. The number of halogens is 1. The summed E-state index contributed by atoms with van der Waals surface area (Å²) >= 11 is 0. The highest BCUT2D eigenvalue weighted by Gasteiger charge is 2.28. The van der Waals surface area contributed by atoms with Crippen molar-refractivity contribution in [1.29, 1.82) is 0 Å². The Morgan fingerprint density at radius 3 is 2.26 bits per heavy atom. The molecule has 1 heterocycles. The minimum absolute atomic E-state index is 0.0996. The molecule has 3 heteroatoms. The molecule has 0 amide bonds. The Morgan fingerprint density at radius 2 is 1.63 bits per heavy atom. The topological polar surface area (TPSA) is 21.6 Å². The van der Waals surface area contributed by atoms with Crippen LogP contribution < -0.4 is 0 Å². The fraction of sp³-hybridized carbons (Fsp3) is 0.708. The lowest BCUT2D eigenvalue weighted by Gasteiger charge is -2.07. The van der Waals surface area contributed by atoms with Crippen LogP contribution in [0.2, 0.25) is 0 Å². The van der Waals surface area contributed by atoms with Crippen LogP contribution in [0.15, 0.2) is 16.9 Å². The first kappa shape index (κ1) is 23.3. The van der Waals surface area contributed by atoms with E-state index in [0.717, 1.165) is 6.42 Å². The maximum absolute atomic E-state index is 13.8. The number of aliphatic imine (C=N–C) groups is 1. The molecule has 0 fully saturated rings. The van der Waals surface area contributed by atoms with E-state index in [2.05, 4.69) is 35.6 Å². The largest absolute Gasteiger partial charge is 0.473 e. The molecule has 1 rings (SSSR count). The summed E-state index contributed by atoms with van der Waals surface area (Å²) in [4.78, 5) is 4.19. The minimum Gasteiger partial charge on any atom is -0.473 e. The summed E-state index contributed by atoms with van der Waals surface area (Å²) in [5, 5.41) is 0. The third kappa shape index (κ3) is 12.3. The lowest BCUT2D eigenvalue weighted by Crippen LogP contribution is -2.17. The van der Waals surface area contributed by atoms with Gasteiger partial charge in [-0.3, -0.25) is 0 Å². The number of unbranched alkanes of at least 4 members (excludes halogenated alkanes) is 9. The van der Waals surface area contributed by atoms with Gasteiger partial charge in [0.05, 0.1) is 12.0 Å². The van der Waals surface area contributed by atoms with Gasteiger partial charge in [0.1, 0.15) is 6.61 Å². The van der Waals surface area contributed by atoms with Crippen LogP contribution in [0.3, 0.4) is 0 Å². The van der Waals surface area contributed by atoms with Crippen molar-refractivity contribution in [3.05, 3.63) is 11.9 Å². The molecule has 0 unspecified atom stereocenters. The molecule has 0 aromatic heterocycles. The molecule has 0 radical (unpaired) electrons. The predicted octanol–water partition coefficient (Wildman–Crippen LogP) is 6.76. The van der Waals surface area contributed by atoms with Gasteiger partial charge in [0.2, 0.25) is 5.90 Å². The summed E-state index contributed by atoms with van der Waals surface area (Å²) in [6.45, 7) is 6.51. The summed E-state index contributed by atoms with van der Waals surface area (Å²) in [7, 11) is 0. The van der Waals surface area contributed by atoms with Gasteiger partial charge in [-0.15, -0.1) is 5.92 Å². The highest BCUT2D eigenvalue weighted by Crippen LogP contribution is 2.20. The maximum atomic E-state index is 13.8. The fourth-order valence-corrected chi connectivity index (χ4v) is 2.79. The molecular weight excluding hydrogens is 337 g/mol. The van der Waals surface area contributed by atoms with Crippen molar-refractivity contribution in [2.45, 2.75) is 103 Å². The van der Waals surface area contributed by atoms with Crippen molar-refractivity contribution in [2.24, 2.45) is 4.99 Å². The second-order valence-electron chi connectivity index (χ2n) is 7.74. The third-order valence-corrected chi connectivity index (χ3v) is 4.39. The SMILES string of the molecule is CCCCCCCCCCCC#CCC#CCC=C(F)C1=NC(C)(C)CO1. The van der Waals surface area contributed by atoms with Gasteiger partial charge in [-0.05, 0) is 26.3 Å². The molecule has 0 atom stereocenters. The minimum atomic E-state index is -0.425. The van der Waals surface area contributed by atoms with Gasteiger partial charge >= 0.3 is 0 Å². The monoisotopic (exact) mass is 373 g/mol. The van der Waals surface area contributed by atoms with E-state index in [4.69, 9.17) is 4.74 Å². The molecule has 150 valence electrons. The van der Waals surface area contributed by atoms with Crippen LogP contribution in [0.5, 0.6) is 0 Å². The summed E-state index contributed by atoms with van der Waals surface area (Å²) < 4.78 is 19.1. The number of ether oxygens (including phenoxy) is 1. The van der Waals surface area contributed by atoms with Crippen LogP contribution in [-0.2, 0) is 4.74 Å². The second kappa shape index (κ2) is 14.3. The number of rotatable bonds is 11. The first-order chi connectivity index (χ1) is 13.0. The number of hydrogen-bond donors (Lipinski definition) is 0. The standard InChI is InChI=1S/C24H36FNO/c1-4-5-6-7-8-9-10-11-12-13-14-15-16-17-18-19-20-22(25)23-26-24(2,3)21-27-23/h20H,4-13,16,19,21H2,1-3H3. The molecule has 2 nitrogen and oxygen atoms in total. The summed E-state index contributed by atoms with van der Waals surface area (Å²) in [6, 6.07) is 0. The molecule has 0 aliphatic carbocycles. The highest BCUT2D eigenvalue weighted by atomic mass is 19.1. The summed E-state index contributed by atoms with van der Waals surface area (Å²) in [6.07, 6.45) is 15.3. The zero-order valence-electron chi connectivity index (χ0n) is 17.5. The number of hydrogen-bond acceptors (Lipinski definition) is 2. The van der Waals surface area contributed by atoms with Crippen molar-refractivity contribution in [2.75, 3.05) is 6.61 Å². The Labute approximate surface area is 166 Å². The van der Waals surface area contributed by atoms with E-state index in [1.165, 1.54) is 63.9 Å². The lowest BCUT2D eigenvalue weighted by atomic mass is 10.1. The summed E-state index contributed by atoms with van der Waals surface area (Å²) in [5.41, 5.74) is -0.337. The van der Waals surface area contributed by atoms with Crippen LogP contribution >= 0.6 is 0 Å². The second-order valence-corrected chi connectivity index (χ2v) is 7.74. The van der Waals surface area contributed by atoms with E-state index in [1.807, 2.05) is 13.8 Å². The van der Waals surface area contributed by atoms with E-state index in [9.17, 15) is 4.39 Å². The van der Waals surface area contributed by atoms with E-state index in [1.54, 1.807) is 0 Å². The first-order valence-corrected chi connectivity index (χ1v) is 10.6. The van der Waals surface area contributed by atoms with Crippen LogP contribution in [-0.4, -0.2) is 18.0 Å². The quantitative estimate of drug-likeness (QED) is 0.290. The Balaban J connectivity index is 2.02. The molecule has 27 heavy (non-hydrogen) atoms. The Hall–Kier alpha value is -1.74. The molecule has 1 aliphatic rings. The Kier molecular flexibility index (Phi) is 12.4. The van der Waals surface area contributed by atoms with Crippen LogP contribution in [0, 0.1) is 23.7 Å². The maximum Gasteiger partial charge on any atom is 0.246 e. The van der Waals surface area contributed by atoms with Gasteiger partial charge in [0.25, 0.3) is 0 Å². The van der Waals surface area contributed by atoms with E-state index in [0.29, 0.717) is 19.4 Å². The zero-order valence-corrected chi connectivity index (χ0v) is 17.5. The third-order valence-electron chi connectivity index (χ3n) is 4.39. The Morgan fingerprint density at radius 1 is 1.00 bits per heavy atom. The predicted molar refractivity (Wildman–Crippen MR) is 113 cm³/mol. The van der Waals surface area contributed by atoms with Gasteiger partial charge in [0.15, 0.2) is 5.83 Å². The molecule has 0 saturated heterocycles. The zero-order chi connectivity index (χ0) is 19.8. The van der Waals surface area contributed by atoms with Gasteiger partial charge in [-0.2, -0.15) is 0 Å². The Bertz CT molecular complexity index is 595. The smallest absolute Gasteiger partial charge is 0.246 e. The molecule has 0 spiro atoms. The van der Waals surface area contributed by atoms with Crippen LogP contribution in [0.4, 0.5) is 4.39 Å². The van der Waals surface area contributed by atoms with Crippen molar-refractivity contribution in [3.63, 3.8) is 0 Å². The number of allylic oxidation sites excluding steroid dienone is 1. The van der Waals surface area contributed by atoms with Crippen molar-refractivity contribution in [1.82, 2.24) is 0 Å². The van der Waals surface area contributed by atoms with Crippen molar-refractivity contribution in [3.8, 4) is 23.7 Å². The van der Waals surface area contributed by atoms with Crippen LogP contribution in [0.25, 0.3) is 0 Å². The van der Waals surface area contributed by atoms with Gasteiger partial charge in [-0.1, -0.05) is 76.1 Å². The molecular formula is C24H36FNO. The van der Waals surface area contributed by atoms with Crippen LogP contribution in [0.1, 0.15) is 97.8 Å². The molecule has 1 aliphatic heterocycles. The van der Waals surface area contributed by atoms with Gasteiger partial charge < -0.3 is 4.74 Å². The average Bonchev–Trinajstić information content (AvgIpc) is 3.01. The number of nitrogens with zero attached hydrogens (tertiary/aromatic N) is 1. The van der Waals surface area contributed by atoms with Gasteiger partial charge in [0, 0.05) is 12.8 Å². The fourth-order valence-electron chi connectivity index (χ4n) is 2.79. The lowest BCUT2D eigenvalue weighted by molar-refractivity contribution is 0.275. The first-order valence-electron chi connectivity index (χ1n) is 10.6. The van der Waals surface area contributed by atoms with E-state index in [-0.39, 0.29) is 11.4 Å². The average molecular weight is 374 g/mol. The van der Waals surface area contributed by atoms with Crippen molar-refractivity contribution >= 4 is 5.90 Å². The molecule has 0 N–H and O–H groups in total. The normalized spacial score (nSPS) is 15.3. The molecule has 0 aromatic rings. The van der Waals surface area contributed by atoms with Crippen molar-refractivity contribution < 1.29 is 9.13 Å². The van der Waals surface area contributed by atoms with E-state index >= 15 is 0 Å². The molecule has 0 bridgehead atoms. The molecule has 0 saturated carbocycles. The summed E-state index contributed by atoms with van der Waals surface area (Å²) in [5.74, 6) is 11.8. The van der Waals surface area contributed by atoms with Gasteiger partial charge in [-0.25, -0.2) is 9.38 Å².